The summed E-state index contributed by atoms with van der Waals surface area (Å²) in [6, 6.07) is 11.9. The molecule has 0 aromatic heterocycles. The van der Waals surface area contributed by atoms with Gasteiger partial charge >= 0.3 is 6.36 Å². The summed E-state index contributed by atoms with van der Waals surface area (Å²) in [5.41, 5.74) is 6.65. The zero-order valence-corrected chi connectivity index (χ0v) is 10.1. The van der Waals surface area contributed by atoms with Crippen molar-refractivity contribution in [1.29, 1.82) is 5.26 Å². The molecular formula is C14H9F3N2O. The first-order valence-corrected chi connectivity index (χ1v) is 5.55. The Hall–Kier alpha value is -2.68. The summed E-state index contributed by atoms with van der Waals surface area (Å²) < 4.78 is 41.1. The molecule has 6 heteroatoms. The number of hydrogen-bond acceptors (Lipinski definition) is 3. The molecule has 0 unspecified atom stereocenters. The second-order valence-electron chi connectivity index (χ2n) is 3.96. The lowest BCUT2D eigenvalue weighted by Crippen LogP contribution is -2.17. The van der Waals surface area contributed by atoms with Crippen LogP contribution in [0.25, 0.3) is 11.1 Å². The van der Waals surface area contributed by atoms with E-state index in [1.165, 1.54) is 36.4 Å². The third-order valence-corrected chi connectivity index (χ3v) is 2.57. The average Bonchev–Trinajstić information content (AvgIpc) is 2.37. The van der Waals surface area contributed by atoms with Crippen LogP contribution < -0.4 is 10.5 Å². The van der Waals surface area contributed by atoms with E-state index in [0.717, 1.165) is 0 Å². The van der Waals surface area contributed by atoms with Gasteiger partial charge in [-0.3, -0.25) is 0 Å². The van der Waals surface area contributed by atoms with Gasteiger partial charge in [0.15, 0.2) is 0 Å². The maximum Gasteiger partial charge on any atom is 0.573 e. The van der Waals surface area contributed by atoms with E-state index in [-0.39, 0.29) is 16.9 Å². The van der Waals surface area contributed by atoms with Crippen LogP contribution in [0.1, 0.15) is 5.56 Å². The third-order valence-electron chi connectivity index (χ3n) is 2.57. The SMILES string of the molecule is N#Cc1ccc(N)cc1-c1ccccc1OC(F)(F)F. The summed E-state index contributed by atoms with van der Waals surface area (Å²) in [7, 11) is 0. The Morgan fingerprint density at radius 1 is 1.05 bits per heavy atom. The summed E-state index contributed by atoms with van der Waals surface area (Å²) in [5.74, 6) is -0.373. The molecule has 20 heavy (non-hydrogen) atoms. The van der Waals surface area contributed by atoms with Crippen LogP contribution in [0.15, 0.2) is 42.5 Å². The Bertz CT molecular complexity index is 675. The Balaban J connectivity index is 2.59. The molecule has 102 valence electrons. The Morgan fingerprint density at radius 3 is 2.40 bits per heavy atom. The van der Waals surface area contributed by atoms with E-state index in [1.54, 1.807) is 6.07 Å². The standard InChI is InChI=1S/C14H9F3N2O/c15-14(16,17)20-13-4-2-1-3-11(13)12-7-10(19)6-5-9(12)8-18/h1-7H,19H2. The summed E-state index contributed by atoms with van der Waals surface area (Å²) >= 11 is 0. The minimum atomic E-state index is -4.80. The fourth-order valence-electron chi connectivity index (χ4n) is 1.79. The lowest BCUT2D eigenvalue weighted by molar-refractivity contribution is -0.274. The van der Waals surface area contributed by atoms with Gasteiger partial charge in [0.1, 0.15) is 5.75 Å². The molecule has 0 fully saturated rings. The number of hydrogen-bond donors (Lipinski definition) is 1. The molecule has 0 amide bonds. The molecule has 2 aromatic rings. The topological polar surface area (TPSA) is 59.0 Å². The normalized spacial score (nSPS) is 10.9. The van der Waals surface area contributed by atoms with E-state index < -0.39 is 6.36 Å². The average molecular weight is 278 g/mol. The van der Waals surface area contributed by atoms with Gasteiger partial charge in [0.25, 0.3) is 0 Å². The zero-order chi connectivity index (χ0) is 14.8. The fourth-order valence-corrected chi connectivity index (χ4v) is 1.79. The molecule has 0 aliphatic rings. The molecule has 0 atom stereocenters. The number of ether oxygens (including phenoxy) is 1. The first-order chi connectivity index (χ1) is 9.40. The van der Waals surface area contributed by atoms with Gasteiger partial charge in [0.05, 0.1) is 11.6 Å². The van der Waals surface area contributed by atoms with Gasteiger partial charge < -0.3 is 10.5 Å². The molecule has 2 rings (SSSR count). The van der Waals surface area contributed by atoms with Crippen molar-refractivity contribution in [3.63, 3.8) is 0 Å². The van der Waals surface area contributed by atoms with Crippen LogP contribution >= 0.6 is 0 Å². The number of rotatable bonds is 2. The highest BCUT2D eigenvalue weighted by Gasteiger charge is 2.32. The lowest BCUT2D eigenvalue weighted by Gasteiger charge is -2.14. The van der Waals surface area contributed by atoms with Crippen molar-refractivity contribution in [1.82, 2.24) is 0 Å². The summed E-state index contributed by atoms with van der Waals surface area (Å²) in [5, 5.41) is 9.04. The fraction of sp³-hybridized carbons (Fsp3) is 0.0714. The number of para-hydroxylation sites is 1. The van der Waals surface area contributed by atoms with E-state index in [9.17, 15) is 13.2 Å². The number of anilines is 1. The lowest BCUT2D eigenvalue weighted by atomic mass is 9.99. The molecule has 0 radical (unpaired) electrons. The van der Waals surface area contributed by atoms with Gasteiger partial charge in [0, 0.05) is 16.8 Å². The quantitative estimate of drug-likeness (QED) is 0.852. The van der Waals surface area contributed by atoms with E-state index in [0.29, 0.717) is 11.3 Å². The number of nitriles is 1. The minimum Gasteiger partial charge on any atom is -0.405 e. The van der Waals surface area contributed by atoms with Crippen molar-refractivity contribution in [2.24, 2.45) is 0 Å². The van der Waals surface area contributed by atoms with E-state index >= 15 is 0 Å². The van der Waals surface area contributed by atoms with E-state index in [4.69, 9.17) is 11.0 Å². The van der Waals surface area contributed by atoms with Crippen molar-refractivity contribution in [3.05, 3.63) is 48.0 Å². The van der Waals surface area contributed by atoms with Gasteiger partial charge in [-0.2, -0.15) is 5.26 Å². The van der Waals surface area contributed by atoms with Crippen LogP contribution in [0.4, 0.5) is 18.9 Å². The van der Waals surface area contributed by atoms with Crippen LogP contribution in [-0.4, -0.2) is 6.36 Å². The van der Waals surface area contributed by atoms with Gasteiger partial charge in [-0.25, -0.2) is 0 Å². The second-order valence-corrected chi connectivity index (χ2v) is 3.96. The Labute approximate surface area is 113 Å². The molecule has 0 bridgehead atoms. The Morgan fingerprint density at radius 2 is 1.75 bits per heavy atom. The minimum absolute atomic E-state index is 0.161. The van der Waals surface area contributed by atoms with Crippen molar-refractivity contribution < 1.29 is 17.9 Å². The molecule has 0 aliphatic carbocycles. The predicted octanol–water partition coefficient (Wildman–Crippen LogP) is 3.71. The van der Waals surface area contributed by atoms with Crippen molar-refractivity contribution in [2.75, 3.05) is 5.73 Å². The molecule has 0 saturated carbocycles. The molecule has 0 spiro atoms. The van der Waals surface area contributed by atoms with E-state index in [1.807, 2.05) is 6.07 Å². The molecule has 2 aromatic carbocycles. The molecule has 3 nitrogen and oxygen atoms in total. The molecular weight excluding hydrogens is 269 g/mol. The largest absolute Gasteiger partial charge is 0.573 e. The number of nitrogens with zero attached hydrogens (tertiary/aromatic N) is 1. The number of nitrogens with two attached hydrogens (primary N) is 1. The first kappa shape index (κ1) is 13.7. The monoisotopic (exact) mass is 278 g/mol. The highest BCUT2D eigenvalue weighted by molar-refractivity contribution is 5.78. The van der Waals surface area contributed by atoms with Gasteiger partial charge in [0.2, 0.25) is 0 Å². The van der Waals surface area contributed by atoms with Crippen molar-refractivity contribution in [2.45, 2.75) is 6.36 Å². The maximum atomic E-state index is 12.4. The highest BCUT2D eigenvalue weighted by atomic mass is 19.4. The van der Waals surface area contributed by atoms with Crippen LogP contribution in [-0.2, 0) is 0 Å². The van der Waals surface area contributed by atoms with E-state index in [2.05, 4.69) is 4.74 Å². The number of nitrogen functional groups attached to an aromatic ring is 1. The van der Waals surface area contributed by atoms with Crippen LogP contribution in [0.2, 0.25) is 0 Å². The second kappa shape index (κ2) is 5.13. The summed E-state index contributed by atoms with van der Waals surface area (Å²) in [6.07, 6.45) is -4.80. The van der Waals surface area contributed by atoms with Gasteiger partial charge in [-0.15, -0.1) is 13.2 Å². The van der Waals surface area contributed by atoms with Gasteiger partial charge in [-0.05, 0) is 24.3 Å². The smallest absolute Gasteiger partial charge is 0.405 e. The summed E-state index contributed by atoms with van der Waals surface area (Å²) in [4.78, 5) is 0. The number of benzene rings is 2. The molecule has 0 aliphatic heterocycles. The number of alkyl halides is 3. The molecule has 0 heterocycles. The molecule has 2 N–H and O–H groups in total. The predicted molar refractivity (Wildman–Crippen MR) is 67.7 cm³/mol. The maximum absolute atomic E-state index is 12.4. The molecule has 0 saturated heterocycles. The highest BCUT2D eigenvalue weighted by Crippen LogP contribution is 2.36. The number of halogens is 3. The summed E-state index contributed by atoms with van der Waals surface area (Å²) in [6.45, 7) is 0. The first-order valence-electron chi connectivity index (χ1n) is 5.55. The zero-order valence-electron chi connectivity index (χ0n) is 10.1. The Kier molecular flexibility index (Phi) is 3.53. The van der Waals surface area contributed by atoms with Crippen molar-refractivity contribution >= 4 is 5.69 Å². The van der Waals surface area contributed by atoms with Crippen LogP contribution in [0.3, 0.4) is 0 Å². The van der Waals surface area contributed by atoms with Crippen LogP contribution in [0, 0.1) is 11.3 Å². The third kappa shape index (κ3) is 3.01. The van der Waals surface area contributed by atoms with Crippen LogP contribution in [0.5, 0.6) is 5.75 Å². The van der Waals surface area contributed by atoms with Crippen molar-refractivity contribution in [3.8, 4) is 22.9 Å². The van der Waals surface area contributed by atoms with Gasteiger partial charge in [-0.1, -0.05) is 18.2 Å².